The summed E-state index contributed by atoms with van der Waals surface area (Å²) in [4.78, 5) is 27.7. The molecule has 23 heavy (non-hydrogen) atoms. The van der Waals surface area contributed by atoms with Crippen LogP contribution in [0.3, 0.4) is 0 Å². The molecule has 2 aliphatic heterocycles. The Bertz CT molecular complexity index is 680. The second kappa shape index (κ2) is 6.69. The van der Waals surface area contributed by atoms with Gasteiger partial charge in [-0.3, -0.25) is 9.59 Å². The van der Waals surface area contributed by atoms with Crippen LogP contribution in [-0.2, 0) is 9.59 Å². The summed E-state index contributed by atoms with van der Waals surface area (Å²) in [6, 6.07) is 0. The van der Waals surface area contributed by atoms with Gasteiger partial charge in [-0.2, -0.15) is 0 Å². The number of carbonyl (C=O) groups is 2. The van der Waals surface area contributed by atoms with Crippen molar-refractivity contribution in [2.45, 2.75) is 19.8 Å². The Kier molecular flexibility index (Phi) is 4.89. The van der Waals surface area contributed by atoms with Crippen molar-refractivity contribution in [1.82, 2.24) is 15.1 Å². The number of likely N-dealkylation sites (tertiary alicyclic amines) is 2. The Hall–Kier alpha value is -2.56. The molecule has 2 saturated heterocycles. The van der Waals surface area contributed by atoms with Gasteiger partial charge in [-0.05, 0) is 13.0 Å². The molecule has 122 valence electrons. The first-order valence-corrected chi connectivity index (χ1v) is 7.54. The highest BCUT2D eigenvalue weighted by Crippen LogP contribution is 2.35. The number of likely N-dealkylation sites (N-methyl/N-ethyl adjacent to an activating group) is 2. The Morgan fingerprint density at radius 1 is 1.13 bits per heavy atom. The molecule has 0 atom stereocenters. The second-order valence-corrected chi connectivity index (χ2v) is 5.75. The van der Waals surface area contributed by atoms with E-state index in [1.807, 2.05) is 38.3 Å². The van der Waals surface area contributed by atoms with Crippen molar-refractivity contribution < 1.29 is 9.59 Å². The number of hydrogen-bond acceptors (Lipinski definition) is 3. The molecule has 0 spiro atoms. The van der Waals surface area contributed by atoms with Crippen molar-refractivity contribution in [3.8, 4) is 0 Å². The van der Waals surface area contributed by atoms with Crippen molar-refractivity contribution in [3.05, 3.63) is 59.1 Å². The summed E-state index contributed by atoms with van der Waals surface area (Å²) in [6.45, 7) is 5.85. The van der Waals surface area contributed by atoms with E-state index in [2.05, 4.69) is 11.9 Å². The Balaban J connectivity index is 2.24. The minimum absolute atomic E-state index is 0.0561. The van der Waals surface area contributed by atoms with Crippen LogP contribution in [0.15, 0.2) is 59.1 Å². The zero-order valence-electron chi connectivity index (χ0n) is 14.1. The molecule has 0 aromatic rings. The molecule has 2 rings (SSSR count). The summed E-state index contributed by atoms with van der Waals surface area (Å²) < 4.78 is 0. The van der Waals surface area contributed by atoms with Crippen molar-refractivity contribution >= 4 is 11.8 Å². The van der Waals surface area contributed by atoms with Gasteiger partial charge >= 0.3 is 0 Å². The third kappa shape index (κ3) is 3.28. The van der Waals surface area contributed by atoms with E-state index in [9.17, 15) is 9.59 Å². The van der Waals surface area contributed by atoms with Crippen LogP contribution in [0, 0.1) is 0 Å². The van der Waals surface area contributed by atoms with Crippen molar-refractivity contribution in [1.29, 1.82) is 0 Å². The Morgan fingerprint density at radius 2 is 1.83 bits per heavy atom. The maximum atomic E-state index is 12.3. The van der Waals surface area contributed by atoms with Crippen LogP contribution < -0.4 is 5.32 Å². The van der Waals surface area contributed by atoms with Gasteiger partial charge in [0.2, 0.25) is 0 Å². The number of allylic oxidation sites excluding steroid dienone is 7. The highest BCUT2D eigenvalue weighted by molar-refractivity contribution is 6.03. The quantitative estimate of drug-likeness (QED) is 0.641. The fourth-order valence-electron chi connectivity index (χ4n) is 2.58. The maximum Gasteiger partial charge on any atom is 0.255 e. The van der Waals surface area contributed by atoms with Gasteiger partial charge < -0.3 is 15.1 Å². The molecule has 2 heterocycles. The molecule has 0 aromatic heterocycles. The molecule has 5 nitrogen and oxygen atoms in total. The highest BCUT2D eigenvalue weighted by Gasteiger charge is 2.36. The summed E-state index contributed by atoms with van der Waals surface area (Å²) in [7, 11) is 5.29. The summed E-state index contributed by atoms with van der Waals surface area (Å²) >= 11 is 0. The molecule has 0 aromatic carbocycles. The van der Waals surface area contributed by atoms with Crippen LogP contribution in [0.4, 0.5) is 0 Å². The molecular formula is C18H23N3O2. The Morgan fingerprint density at radius 3 is 2.39 bits per heavy atom. The van der Waals surface area contributed by atoms with Gasteiger partial charge in [0.1, 0.15) is 0 Å². The Labute approximate surface area is 137 Å². The molecule has 2 fully saturated rings. The molecular weight excluding hydrogens is 290 g/mol. The lowest BCUT2D eigenvalue weighted by molar-refractivity contribution is -0.123. The second-order valence-electron chi connectivity index (χ2n) is 5.75. The zero-order valence-corrected chi connectivity index (χ0v) is 14.1. The first kappa shape index (κ1) is 16.8. The predicted molar refractivity (Wildman–Crippen MR) is 91.0 cm³/mol. The highest BCUT2D eigenvalue weighted by atomic mass is 16.2. The van der Waals surface area contributed by atoms with E-state index in [0.717, 1.165) is 17.1 Å². The first-order chi connectivity index (χ1) is 10.9. The third-order valence-corrected chi connectivity index (χ3v) is 4.26. The van der Waals surface area contributed by atoms with Crippen LogP contribution in [0.2, 0.25) is 0 Å². The standard InChI is InChI=1S/C18H23N3O2/c1-12(19-3)8-6-7-9-14-11-16(21(5)17(14)22)15-10-13(2)20(4)18(15)23/h6-9,19H,2,10-11H2,1,3-5H3/b7-6?,12-8?,14-9?,16-15+. The molecule has 0 unspecified atom stereocenters. The predicted octanol–water partition coefficient (Wildman–Crippen LogP) is 2.08. The zero-order chi connectivity index (χ0) is 17.1. The average molecular weight is 313 g/mol. The van der Waals surface area contributed by atoms with Gasteiger partial charge in [0.05, 0.1) is 0 Å². The number of nitrogens with zero attached hydrogens (tertiary/aromatic N) is 2. The lowest BCUT2D eigenvalue weighted by Gasteiger charge is -2.12. The van der Waals surface area contributed by atoms with Crippen LogP contribution in [-0.4, -0.2) is 42.8 Å². The van der Waals surface area contributed by atoms with E-state index < -0.39 is 0 Å². The molecule has 2 amide bonds. The summed E-state index contributed by atoms with van der Waals surface area (Å²) in [5.41, 5.74) is 3.95. The monoisotopic (exact) mass is 313 g/mol. The van der Waals surface area contributed by atoms with Gasteiger partial charge in [0, 0.05) is 62.2 Å². The molecule has 5 heteroatoms. The lowest BCUT2D eigenvalue weighted by atomic mass is 10.1. The smallest absolute Gasteiger partial charge is 0.255 e. The molecule has 0 bridgehead atoms. The third-order valence-electron chi connectivity index (χ3n) is 4.26. The lowest BCUT2D eigenvalue weighted by Crippen LogP contribution is -2.22. The minimum Gasteiger partial charge on any atom is -0.392 e. The molecule has 0 aliphatic carbocycles. The van der Waals surface area contributed by atoms with Crippen LogP contribution in [0.5, 0.6) is 0 Å². The summed E-state index contributed by atoms with van der Waals surface area (Å²) in [5, 5.41) is 3.02. The number of carbonyl (C=O) groups excluding carboxylic acids is 2. The van der Waals surface area contributed by atoms with Crippen molar-refractivity contribution in [2.75, 3.05) is 21.1 Å². The van der Waals surface area contributed by atoms with Gasteiger partial charge in [-0.1, -0.05) is 24.8 Å². The van der Waals surface area contributed by atoms with Crippen LogP contribution in [0.25, 0.3) is 0 Å². The normalized spacial score (nSPS) is 24.8. The van der Waals surface area contributed by atoms with Crippen LogP contribution >= 0.6 is 0 Å². The van der Waals surface area contributed by atoms with Crippen molar-refractivity contribution in [2.24, 2.45) is 0 Å². The first-order valence-electron chi connectivity index (χ1n) is 7.54. The summed E-state index contributed by atoms with van der Waals surface area (Å²) in [5.74, 6) is -0.117. The number of hydrogen-bond donors (Lipinski definition) is 1. The topological polar surface area (TPSA) is 52.7 Å². The fourth-order valence-corrected chi connectivity index (χ4v) is 2.58. The molecule has 0 radical (unpaired) electrons. The molecule has 2 aliphatic rings. The van der Waals surface area contributed by atoms with Crippen molar-refractivity contribution in [3.63, 3.8) is 0 Å². The van der Waals surface area contributed by atoms with Gasteiger partial charge in [-0.25, -0.2) is 0 Å². The van der Waals surface area contributed by atoms with E-state index in [1.165, 1.54) is 0 Å². The number of amides is 2. The van der Waals surface area contributed by atoms with E-state index in [4.69, 9.17) is 0 Å². The number of nitrogens with one attached hydrogen (secondary N) is 1. The van der Waals surface area contributed by atoms with Gasteiger partial charge in [0.15, 0.2) is 0 Å². The SMILES string of the molecule is C=C1C/C(=C2/CC(=CC=CC=C(C)NC)C(=O)N2C)C(=O)N1C. The average Bonchev–Trinajstić information content (AvgIpc) is 2.96. The number of rotatable bonds is 3. The minimum atomic E-state index is -0.0611. The molecule has 0 saturated carbocycles. The largest absolute Gasteiger partial charge is 0.392 e. The molecule has 1 N–H and O–H groups in total. The fraction of sp³-hybridized carbons (Fsp3) is 0.333. The van der Waals surface area contributed by atoms with Gasteiger partial charge in [-0.15, -0.1) is 0 Å². The maximum absolute atomic E-state index is 12.3. The van der Waals surface area contributed by atoms with E-state index in [-0.39, 0.29) is 11.8 Å². The summed E-state index contributed by atoms with van der Waals surface area (Å²) in [6.07, 6.45) is 8.46. The van der Waals surface area contributed by atoms with E-state index in [1.54, 1.807) is 23.9 Å². The van der Waals surface area contributed by atoms with Gasteiger partial charge in [0.25, 0.3) is 11.8 Å². The van der Waals surface area contributed by atoms with E-state index in [0.29, 0.717) is 24.0 Å². The van der Waals surface area contributed by atoms with Crippen LogP contribution in [0.1, 0.15) is 19.8 Å². The van der Waals surface area contributed by atoms with E-state index >= 15 is 0 Å².